The molecule has 7 heteroatoms. The second-order valence-corrected chi connectivity index (χ2v) is 5.83. The highest BCUT2D eigenvalue weighted by atomic mass is 16.5. The third-order valence-electron chi connectivity index (χ3n) is 4.14. The second-order valence-electron chi connectivity index (χ2n) is 5.83. The first-order valence-corrected chi connectivity index (χ1v) is 8.96. The standard InChI is InChI=1S/C18H30N4O3/c1-4-23-15-8-7-14(16(24-5-2)17(15)25-6-3)13-21-9-11-22(12-10-21)18(19)20/h7-8H,4-6,9-13H2,1-3H3,(H3,19,20). The molecule has 25 heavy (non-hydrogen) atoms. The monoisotopic (exact) mass is 350 g/mol. The van der Waals surface area contributed by atoms with Crippen LogP contribution >= 0.6 is 0 Å². The Bertz CT molecular complexity index is 572. The van der Waals surface area contributed by atoms with E-state index in [0.717, 1.165) is 49.8 Å². The molecule has 0 spiro atoms. The number of ether oxygens (including phenoxy) is 3. The molecular formula is C18H30N4O3. The summed E-state index contributed by atoms with van der Waals surface area (Å²) in [6.07, 6.45) is 0. The van der Waals surface area contributed by atoms with Crippen molar-refractivity contribution in [1.82, 2.24) is 9.80 Å². The van der Waals surface area contributed by atoms with Gasteiger partial charge < -0.3 is 24.8 Å². The molecule has 0 radical (unpaired) electrons. The SMILES string of the molecule is CCOc1ccc(CN2CCN(C(=N)N)CC2)c(OCC)c1OCC. The van der Waals surface area contributed by atoms with Crippen molar-refractivity contribution in [3.05, 3.63) is 17.7 Å². The first-order chi connectivity index (χ1) is 12.1. The van der Waals surface area contributed by atoms with Gasteiger partial charge in [0.15, 0.2) is 17.5 Å². The van der Waals surface area contributed by atoms with Gasteiger partial charge in [0.05, 0.1) is 19.8 Å². The summed E-state index contributed by atoms with van der Waals surface area (Å²) in [6, 6.07) is 4.01. The molecule has 1 aliphatic rings. The van der Waals surface area contributed by atoms with Gasteiger partial charge in [0, 0.05) is 38.3 Å². The quantitative estimate of drug-likeness (QED) is 0.550. The number of piperazine rings is 1. The predicted octanol–water partition coefficient (Wildman–Crippen LogP) is 1.89. The Balaban J connectivity index is 2.19. The average Bonchev–Trinajstić information content (AvgIpc) is 2.60. The molecule has 1 aromatic rings. The molecule has 0 saturated carbocycles. The molecule has 0 unspecified atom stereocenters. The zero-order chi connectivity index (χ0) is 18.2. The molecule has 0 amide bonds. The Morgan fingerprint density at radius 3 is 2.12 bits per heavy atom. The number of nitrogens with zero attached hydrogens (tertiary/aromatic N) is 2. The van der Waals surface area contributed by atoms with Gasteiger partial charge in [-0.3, -0.25) is 10.3 Å². The van der Waals surface area contributed by atoms with Gasteiger partial charge in [0.1, 0.15) is 0 Å². The smallest absolute Gasteiger partial charge is 0.203 e. The van der Waals surface area contributed by atoms with Gasteiger partial charge in [-0.25, -0.2) is 0 Å². The largest absolute Gasteiger partial charge is 0.490 e. The van der Waals surface area contributed by atoms with E-state index in [1.165, 1.54) is 0 Å². The van der Waals surface area contributed by atoms with Gasteiger partial charge in [-0.1, -0.05) is 6.07 Å². The molecule has 7 nitrogen and oxygen atoms in total. The number of guanidine groups is 1. The van der Waals surface area contributed by atoms with Crippen LogP contribution in [0.25, 0.3) is 0 Å². The Morgan fingerprint density at radius 2 is 1.56 bits per heavy atom. The summed E-state index contributed by atoms with van der Waals surface area (Å²) in [5.74, 6) is 2.32. The van der Waals surface area contributed by atoms with E-state index in [1.54, 1.807) is 0 Å². The molecule has 0 atom stereocenters. The molecule has 0 bridgehead atoms. The first kappa shape index (κ1) is 19.2. The third kappa shape index (κ3) is 4.92. The van der Waals surface area contributed by atoms with E-state index in [-0.39, 0.29) is 5.96 Å². The Labute approximate surface area is 150 Å². The summed E-state index contributed by atoms with van der Waals surface area (Å²) in [7, 11) is 0. The van der Waals surface area contributed by atoms with Crippen molar-refractivity contribution in [2.75, 3.05) is 46.0 Å². The lowest BCUT2D eigenvalue weighted by molar-refractivity contribution is 0.171. The molecular weight excluding hydrogens is 320 g/mol. The Morgan fingerprint density at radius 1 is 0.960 bits per heavy atom. The van der Waals surface area contributed by atoms with Crippen LogP contribution in [0, 0.1) is 5.41 Å². The summed E-state index contributed by atoms with van der Waals surface area (Å²) in [5, 5.41) is 7.54. The third-order valence-corrected chi connectivity index (χ3v) is 4.14. The normalized spacial score (nSPS) is 15.1. The van der Waals surface area contributed by atoms with Crippen molar-refractivity contribution in [3.63, 3.8) is 0 Å². The van der Waals surface area contributed by atoms with Gasteiger partial charge in [0.2, 0.25) is 5.75 Å². The fraction of sp³-hybridized carbons (Fsp3) is 0.611. The molecule has 140 valence electrons. The summed E-state index contributed by atoms with van der Waals surface area (Å²) in [5.41, 5.74) is 6.66. The summed E-state index contributed by atoms with van der Waals surface area (Å²) in [4.78, 5) is 4.23. The van der Waals surface area contributed by atoms with Gasteiger partial charge >= 0.3 is 0 Å². The van der Waals surface area contributed by atoms with Crippen molar-refractivity contribution in [1.29, 1.82) is 5.41 Å². The van der Waals surface area contributed by atoms with Crippen molar-refractivity contribution in [2.45, 2.75) is 27.3 Å². The van der Waals surface area contributed by atoms with Gasteiger partial charge in [-0.05, 0) is 26.8 Å². The maximum absolute atomic E-state index is 7.54. The summed E-state index contributed by atoms with van der Waals surface area (Å²) >= 11 is 0. The van der Waals surface area contributed by atoms with Crippen LogP contribution in [0.1, 0.15) is 26.3 Å². The highest BCUT2D eigenvalue weighted by molar-refractivity contribution is 5.74. The minimum Gasteiger partial charge on any atom is -0.490 e. The molecule has 0 aromatic heterocycles. The van der Waals surface area contributed by atoms with Gasteiger partial charge in [-0.2, -0.15) is 0 Å². The highest BCUT2D eigenvalue weighted by Crippen LogP contribution is 2.41. The number of rotatable bonds is 8. The summed E-state index contributed by atoms with van der Waals surface area (Å²) < 4.78 is 17.4. The molecule has 1 heterocycles. The lowest BCUT2D eigenvalue weighted by Crippen LogP contribution is -2.50. The van der Waals surface area contributed by atoms with Gasteiger partial charge in [-0.15, -0.1) is 0 Å². The zero-order valence-electron chi connectivity index (χ0n) is 15.5. The minimum atomic E-state index is 0.148. The molecule has 1 aromatic carbocycles. The number of hydrogen-bond acceptors (Lipinski definition) is 5. The van der Waals surface area contributed by atoms with E-state index in [4.69, 9.17) is 25.4 Å². The van der Waals surface area contributed by atoms with E-state index in [9.17, 15) is 0 Å². The molecule has 1 aliphatic heterocycles. The number of benzene rings is 1. The fourth-order valence-corrected chi connectivity index (χ4v) is 2.95. The lowest BCUT2D eigenvalue weighted by atomic mass is 10.1. The van der Waals surface area contributed by atoms with Crippen LogP contribution in [-0.2, 0) is 6.54 Å². The number of hydrogen-bond donors (Lipinski definition) is 2. The topological polar surface area (TPSA) is 84.0 Å². The molecule has 0 aliphatic carbocycles. The Kier molecular flexibility index (Phi) is 7.18. The van der Waals surface area contributed by atoms with Crippen LogP contribution in [0.15, 0.2) is 12.1 Å². The van der Waals surface area contributed by atoms with E-state index in [2.05, 4.69) is 11.0 Å². The summed E-state index contributed by atoms with van der Waals surface area (Å²) in [6.45, 7) is 11.6. The predicted molar refractivity (Wildman–Crippen MR) is 98.7 cm³/mol. The molecule has 1 saturated heterocycles. The lowest BCUT2D eigenvalue weighted by Gasteiger charge is -2.35. The number of nitrogens with one attached hydrogen (secondary N) is 1. The van der Waals surface area contributed by atoms with Crippen LogP contribution in [0.4, 0.5) is 0 Å². The van der Waals surface area contributed by atoms with Crippen molar-refractivity contribution < 1.29 is 14.2 Å². The molecule has 1 fully saturated rings. The van der Waals surface area contributed by atoms with Crippen LogP contribution in [0.5, 0.6) is 17.2 Å². The highest BCUT2D eigenvalue weighted by Gasteiger charge is 2.22. The van der Waals surface area contributed by atoms with Crippen LogP contribution < -0.4 is 19.9 Å². The average molecular weight is 350 g/mol. The van der Waals surface area contributed by atoms with Crippen LogP contribution in [0.3, 0.4) is 0 Å². The maximum Gasteiger partial charge on any atom is 0.203 e. The van der Waals surface area contributed by atoms with Crippen LogP contribution in [-0.4, -0.2) is 61.8 Å². The molecule has 2 rings (SSSR count). The Hall–Kier alpha value is -2.15. The maximum atomic E-state index is 7.54. The van der Waals surface area contributed by atoms with Gasteiger partial charge in [0.25, 0.3) is 0 Å². The van der Waals surface area contributed by atoms with Crippen molar-refractivity contribution >= 4 is 5.96 Å². The van der Waals surface area contributed by atoms with E-state index >= 15 is 0 Å². The van der Waals surface area contributed by atoms with E-state index in [1.807, 2.05) is 31.7 Å². The van der Waals surface area contributed by atoms with Crippen molar-refractivity contribution in [3.8, 4) is 17.2 Å². The zero-order valence-corrected chi connectivity index (χ0v) is 15.5. The fourth-order valence-electron chi connectivity index (χ4n) is 2.95. The number of nitrogens with two attached hydrogens (primary N) is 1. The van der Waals surface area contributed by atoms with E-state index in [0.29, 0.717) is 25.6 Å². The van der Waals surface area contributed by atoms with E-state index < -0.39 is 0 Å². The second kappa shape index (κ2) is 9.36. The van der Waals surface area contributed by atoms with Crippen LogP contribution in [0.2, 0.25) is 0 Å². The first-order valence-electron chi connectivity index (χ1n) is 8.96. The van der Waals surface area contributed by atoms with Crippen molar-refractivity contribution in [2.24, 2.45) is 5.73 Å². The minimum absolute atomic E-state index is 0.148. The molecule has 3 N–H and O–H groups in total.